The normalized spacial score (nSPS) is 17.6. The van der Waals surface area contributed by atoms with Crippen molar-refractivity contribution in [3.8, 4) is 0 Å². The number of hydrogen-bond acceptors (Lipinski definition) is 4. The first-order valence-electron chi connectivity index (χ1n) is 6.95. The predicted molar refractivity (Wildman–Crippen MR) is 84.5 cm³/mol. The SMILES string of the molecule is CSc1ccc(N(C)C2CCc3ccccc3C2)nn1. The van der Waals surface area contributed by atoms with Gasteiger partial charge >= 0.3 is 0 Å². The van der Waals surface area contributed by atoms with Gasteiger partial charge in [-0.25, -0.2) is 0 Å². The molecule has 0 aliphatic heterocycles. The zero-order valence-corrected chi connectivity index (χ0v) is 12.7. The monoisotopic (exact) mass is 285 g/mol. The minimum absolute atomic E-state index is 0.513. The van der Waals surface area contributed by atoms with Gasteiger partial charge in [0, 0.05) is 13.1 Å². The molecule has 0 spiro atoms. The van der Waals surface area contributed by atoms with Gasteiger partial charge in [0.2, 0.25) is 0 Å². The van der Waals surface area contributed by atoms with Gasteiger partial charge in [0.15, 0.2) is 5.82 Å². The van der Waals surface area contributed by atoms with Crippen molar-refractivity contribution in [2.75, 3.05) is 18.2 Å². The molecule has 1 aromatic heterocycles. The second-order valence-electron chi connectivity index (χ2n) is 5.21. The molecule has 1 aromatic carbocycles. The van der Waals surface area contributed by atoms with Crippen molar-refractivity contribution in [1.82, 2.24) is 10.2 Å². The summed E-state index contributed by atoms with van der Waals surface area (Å²) in [4.78, 5) is 2.27. The van der Waals surface area contributed by atoms with Crippen LogP contribution in [0.5, 0.6) is 0 Å². The second kappa shape index (κ2) is 5.83. The summed E-state index contributed by atoms with van der Waals surface area (Å²) in [7, 11) is 2.13. The fourth-order valence-electron chi connectivity index (χ4n) is 2.81. The Balaban J connectivity index is 1.76. The fraction of sp³-hybridized carbons (Fsp3) is 0.375. The van der Waals surface area contributed by atoms with Crippen LogP contribution in [0.1, 0.15) is 17.5 Å². The number of likely N-dealkylation sites (N-methyl/N-ethyl adjacent to an activating group) is 1. The van der Waals surface area contributed by atoms with Crippen LogP contribution in [0, 0.1) is 0 Å². The lowest BCUT2D eigenvalue weighted by Gasteiger charge is -2.33. The number of nitrogens with zero attached hydrogens (tertiary/aromatic N) is 3. The van der Waals surface area contributed by atoms with E-state index < -0.39 is 0 Å². The first kappa shape index (κ1) is 13.4. The Hall–Kier alpha value is -1.55. The summed E-state index contributed by atoms with van der Waals surface area (Å²) in [6.07, 6.45) is 5.45. The average molecular weight is 285 g/mol. The van der Waals surface area contributed by atoms with E-state index in [-0.39, 0.29) is 0 Å². The molecule has 1 atom stereocenters. The van der Waals surface area contributed by atoms with Crippen LogP contribution in [0.25, 0.3) is 0 Å². The van der Waals surface area contributed by atoms with Crippen molar-refractivity contribution < 1.29 is 0 Å². The van der Waals surface area contributed by atoms with Crippen molar-refractivity contribution in [2.24, 2.45) is 0 Å². The van der Waals surface area contributed by atoms with Gasteiger partial charge in [-0.05, 0) is 48.8 Å². The topological polar surface area (TPSA) is 29.0 Å². The summed E-state index contributed by atoms with van der Waals surface area (Å²) in [5.41, 5.74) is 2.98. The summed E-state index contributed by atoms with van der Waals surface area (Å²) in [6, 6.07) is 13.4. The Bertz CT molecular complexity index is 583. The molecule has 2 aromatic rings. The van der Waals surface area contributed by atoms with Gasteiger partial charge in [0.1, 0.15) is 5.03 Å². The highest BCUT2D eigenvalue weighted by Crippen LogP contribution is 2.26. The Labute approximate surface area is 124 Å². The van der Waals surface area contributed by atoms with Gasteiger partial charge < -0.3 is 4.90 Å². The van der Waals surface area contributed by atoms with Crippen molar-refractivity contribution in [2.45, 2.75) is 30.3 Å². The highest BCUT2D eigenvalue weighted by atomic mass is 32.2. The molecule has 0 radical (unpaired) electrons. The molecule has 0 fully saturated rings. The van der Waals surface area contributed by atoms with E-state index in [0.29, 0.717) is 6.04 Å². The summed E-state index contributed by atoms with van der Waals surface area (Å²) in [5.74, 6) is 0.965. The molecule has 0 saturated heterocycles. The van der Waals surface area contributed by atoms with Crippen LogP contribution in [-0.2, 0) is 12.8 Å². The number of aryl methyl sites for hydroxylation is 1. The van der Waals surface area contributed by atoms with Crippen molar-refractivity contribution >= 4 is 17.6 Å². The fourth-order valence-corrected chi connectivity index (χ4v) is 3.13. The lowest BCUT2D eigenvalue weighted by atomic mass is 9.88. The molecule has 20 heavy (non-hydrogen) atoms. The van der Waals surface area contributed by atoms with Crippen LogP contribution in [0.15, 0.2) is 41.4 Å². The number of rotatable bonds is 3. The average Bonchev–Trinajstić information content (AvgIpc) is 2.54. The summed E-state index contributed by atoms with van der Waals surface area (Å²) < 4.78 is 0. The minimum atomic E-state index is 0.513. The Morgan fingerprint density at radius 1 is 1.10 bits per heavy atom. The molecule has 0 bridgehead atoms. The maximum Gasteiger partial charge on any atom is 0.151 e. The standard InChI is InChI=1S/C16H19N3S/c1-19(15-9-10-16(20-2)18-17-15)14-8-7-12-5-3-4-6-13(12)11-14/h3-6,9-10,14H,7-8,11H2,1-2H3. The second-order valence-corrected chi connectivity index (χ2v) is 6.04. The van der Waals surface area contributed by atoms with E-state index in [4.69, 9.17) is 0 Å². The van der Waals surface area contributed by atoms with Gasteiger partial charge in [-0.2, -0.15) is 0 Å². The van der Waals surface area contributed by atoms with E-state index in [9.17, 15) is 0 Å². The molecule has 3 rings (SSSR count). The minimum Gasteiger partial charge on any atom is -0.355 e. The molecule has 1 aliphatic carbocycles. The van der Waals surface area contributed by atoms with Crippen LogP contribution in [0.2, 0.25) is 0 Å². The Kier molecular flexibility index (Phi) is 3.92. The number of anilines is 1. The van der Waals surface area contributed by atoms with Gasteiger partial charge in [-0.1, -0.05) is 24.3 Å². The third kappa shape index (κ3) is 2.66. The third-order valence-electron chi connectivity index (χ3n) is 4.07. The summed E-state index contributed by atoms with van der Waals surface area (Å²) >= 11 is 1.62. The van der Waals surface area contributed by atoms with Crippen LogP contribution in [-0.4, -0.2) is 29.5 Å². The number of thioether (sulfide) groups is 1. The highest BCUT2D eigenvalue weighted by Gasteiger charge is 2.22. The van der Waals surface area contributed by atoms with E-state index >= 15 is 0 Å². The van der Waals surface area contributed by atoms with Crippen LogP contribution < -0.4 is 4.90 Å². The molecule has 104 valence electrons. The predicted octanol–water partition coefficient (Wildman–Crippen LogP) is 3.19. The first-order valence-corrected chi connectivity index (χ1v) is 8.17. The van der Waals surface area contributed by atoms with E-state index in [1.54, 1.807) is 11.8 Å². The smallest absolute Gasteiger partial charge is 0.151 e. The molecular weight excluding hydrogens is 266 g/mol. The van der Waals surface area contributed by atoms with Crippen molar-refractivity contribution in [3.63, 3.8) is 0 Å². The highest BCUT2D eigenvalue weighted by molar-refractivity contribution is 7.98. The van der Waals surface area contributed by atoms with Crippen molar-refractivity contribution in [1.29, 1.82) is 0 Å². The number of hydrogen-bond donors (Lipinski definition) is 0. The van der Waals surface area contributed by atoms with E-state index in [2.05, 4.69) is 52.5 Å². The molecular formula is C16H19N3S. The van der Waals surface area contributed by atoms with Crippen LogP contribution in [0.4, 0.5) is 5.82 Å². The molecule has 4 heteroatoms. The third-order valence-corrected chi connectivity index (χ3v) is 4.70. The molecule has 0 N–H and O–H groups in total. The number of benzene rings is 1. The lowest BCUT2D eigenvalue weighted by molar-refractivity contribution is 0.542. The van der Waals surface area contributed by atoms with Gasteiger partial charge in [0.05, 0.1) is 0 Å². The van der Waals surface area contributed by atoms with E-state index in [1.807, 2.05) is 12.3 Å². The van der Waals surface area contributed by atoms with E-state index in [1.165, 1.54) is 17.5 Å². The molecule has 1 unspecified atom stereocenters. The lowest BCUT2D eigenvalue weighted by Crippen LogP contribution is -2.37. The summed E-state index contributed by atoms with van der Waals surface area (Å²) in [5, 5.41) is 9.53. The Morgan fingerprint density at radius 3 is 2.60 bits per heavy atom. The van der Waals surface area contributed by atoms with Crippen LogP contribution >= 0.6 is 11.8 Å². The molecule has 3 nitrogen and oxygen atoms in total. The van der Waals surface area contributed by atoms with Gasteiger partial charge in [-0.3, -0.25) is 0 Å². The van der Waals surface area contributed by atoms with Gasteiger partial charge in [-0.15, -0.1) is 22.0 Å². The number of aromatic nitrogens is 2. The maximum absolute atomic E-state index is 4.34. The largest absolute Gasteiger partial charge is 0.355 e. The maximum atomic E-state index is 4.34. The molecule has 0 saturated carbocycles. The first-order chi connectivity index (χ1) is 9.78. The van der Waals surface area contributed by atoms with Gasteiger partial charge in [0.25, 0.3) is 0 Å². The number of fused-ring (bicyclic) bond motifs is 1. The zero-order valence-electron chi connectivity index (χ0n) is 11.9. The van der Waals surface area contributed by atoms with E-state index in [0.717, 1.165) is 23.7 Å². The summed E-state index contributed by atoms with van der Waals surface area (Å²) in [6.45, 7) is 0. The molecule has 1 aliphatic rings. The molecule has 0 amide bonds. The van der Waals surface area contributed by atoms with Crippen molar-refractivity contribution in [3.05, 3.63) is 47.5 Å². The quantitative estimate of drug-likeness (QED) is 0.810. The zero-order chi connectivity index (χ0) is 13.9. The molecule has 1 heterocycles. The van der Waals surface area contributed by atoms with Crippen LogP contribution in [0.3, 0.4) is 0 Å². The Morgan fingerprint density at radius 2 is 1.90 bits per heavy atom.